The maximum absolute atomic E-state index is 12.7. The lowest BCUT2D eigenvalue weighted by molar-refractivity contribution is -0.141. The molecule has 0 unspecified atom stereocenters. The average molecular weight is 450 g/mol. The fourth-order valence-corrected chi connectivity index (χ4v) is 4.19. The highest BCUT2D eigenvalue weighted by atomic mass is 16.4. The number of nitrogens with one attached hydrogen (secondary N) is 1. The van der Waals surface area contributed by atoms with Gasteiger partial charge in [-0.25, -0.2) is 4.79 Å². The second kappa shape index (κ2) is 9.19. The van der Waals surface area contributed by atoms with Crippen molar-refractivity contribution in [2.45, 2.75) is 19.0 Å². The summed E-state index contributed by atoms with van der Waals surface area (Å²) in [4.78, 5) is 28.9. The number of carboxylic acid groups (broad SMARTS) is 1. The molecule has 0 aliphatic carbocycles. The van der Waals surface area contributed by atoms with Crippen molar-refractivity contribution in [1.82, 2.24) is 14.9 Å². The molecule has 0 fully saturated rings. The Balaban J connectivity index is 1.33. The van der Waals surface area contributed by atoms with Gasteiger partial charge >= 0.3 is 5.97 Å². The van der Waals surface area contributed by atoms with Crippen molar-refractivity contribution in [3.05, 3.63) is 103 Å². The predicted molar refractivity (Wildman–Crippen MR) is 132 cm³/mol. The molecule has 5 rings (SSSR count). The predicted octanol–water partition coefficient (Wildman–Crippen LogP) is 4.67. The monoisotopic (exact) mass is 449 g/mol. The highest BCUT2D eigenvalue weighted by Crippen LogP contribution is 2.27. The van der Waals surface area contributed by atoms with E-state index in [9.17, 15) is 14.7 Å². The molecule has 2 aromatic heterocycles. The number of carboxylic acids is 1. The second-order valence-electron chi connectivity index (χ2n) is 8.28. The zero-order valence-corrected chi connectivity index (χ0v) is 18.4. The molecule has 3 aromatic carbocycles. The normalized spacial score (nSPS) is 12.0. The second-order valence-corrected chi connectivity index (χ2v) is 8.28. The number of para-hydroxylation sites is 1. The minimum atomic E-state index is -1.05. The van der Waals surface area contributed by atoms with Crippen molar-refractivity contribution in [3.8, 4) is 11.1 Å². The molecule has 0 spiro atoms. The molecule has 168 valence electrons. The molecule has 0 radical (unpaired) electrons. The van der Waals surface area contributed by atoms with Crippen molar-refractivity contribution in [1.29, 1.82) is 0 Å². The number of hydrogen-bond donors (Lipinski definition) is 2. The molecule has 0 aliphatic heterocycles. The summed E-state index contributed by atoms with van der Waals surface area (Å²) in [7, 11) is 0. The molecule has 2 N–H and O–H groups in total. The summed E-state index contributed by atoms with van der Waals surface area (Å²) in [6.45, 7) is 0.0406. The molecule has 0 aliphatic rings. The number of aromatic nitrogens is 2. The lowest BCUT2D eigenvalue weighted by atomic mass is 10.0. The third kappa shape index (κ3) is 4.52. The Bertz CT molecular complexity index is 1490. The first kappa shape index (κ1) is 21.4. The average Bonchev–Trinajstić information content (AvgIpc) is 3.25. The first-order valence-corrected chi connectivity index (χ1v) is 11.1. The number of pyridine rings is 1. The number of rotatable bonds is 7. The van der Waals surface area contributed by atoms with Crippen molar-refractivity contribution in [3.63, 3.8) is 0 Å². The summed E-state index contributed by atoms with van der Waals surface area (Å²) in [5.41, 5.74) is 4.79. The zero-order valence-electron chi connectivity index (χ0n) is 18.4. The van der Waals surface area contributed by atoms with Gasteiger partial charge in [-0.1, -0.05) is 54.6 Å². The minimum Gasteiger partial charge on any atom is -0.480 e. The SMILES string of the molecule is O=C(Cn1ccc2cc(-c3cnc4ccccc4c3)ccc21)N[C@@H](Cc1ccccc1)C(=O)O. The van der Waals surface area contributed by atoms with Gasteiger partial charge in [0.25, 0.3) is 0 Å². The summed E-state index contributed by atoms with van der Waals surface area (Å²) < 4.78 is 1.83. The van der Waals surface area contributed by atoms with Crippen LogP contribution in [0.1, 0.15) is 5.56 Å². The standard InChI is InChI=1S/C28H23N3O3/c32-27(30-25(28(33)34)14-19-6-2-1-3-7-19)18-31-13-12-22-15-20(10-11-26(22)31)23-16-21-8-4-5-9-24(21)29-17-23/h1-13,15-17,25H,14,18H2,(H,30,32)(H,33,34)/t25-/m0/s1. The van der Waals surface area contributed by atoms with E-state index in [0.29, 0.717) is 0 Å². The number of carbonyl (C=O) groups excluding carboxylic acids is 1. The van der Waals surface area contributed by atoms with E-state index >= 15 is 0 Å². The molecule has 0 saturated carbocycles. The Kier molecular flexibility index (Phi) is 5.79. The van der Waals surface area contributed by atoms with Crippen LogP contribution >= 0.6 is 0 Å². The van der Waals surface area contributed by atoms with Gasteiger partial charge < -0.3 is 15.0 Å². The van der Waals surface area contributed by atoms with Gasteiger partial charge in [-0.05, 0) is 41.5 Å². The molecule has 5 aromatic rings. The highest BCUT2D eigenvalue weighted by Gasteiger charge is 2.20. The van der Waals surface area contributed by atoms with Crippen LogP contribution in [0.15, 0.2) is 97.3 Å². The fourth-order valence-electron chi connectivity index (χ4n) is 4.19. The van der Waals surface area contributed by atoms with E-state index < -0.39 is 12.0 Å². The Morgan fingerprint density at radius 2 is 1.65 bits per heavy atom. The minimum absolute atomic E-state index is 0.0406. The topological polar surface area (TPSA) is 84.2 Å². The Morgan fingerprint density at radius 3 is 2.47 bits per heavy atom. The van der Waals surface area contributed by atoms with Gasteiger partial charge in [0, 0.05) is 40.7 Å². The van der Waals surface area contributed by atoms with Crippen LogP contribution in [0.25, 0.3) is 32.9 Å². The smallest absolute Gasteiger partial charge is 0.326 e. The molecule has 1 atom stereocenters. The number of amides is 1. The van der Waals surface area contributed by atoms with Crippen LogP contribution in [-0.2, 0) is 22.6 Å². The zero-order chi connectivity index (χ0) is 23.5. The summed E-state index contributed by atoms with van der Waals surface area (Å²) in [6, 6.07) is 26.4. The number of fused-ring (bicyclic) bond motifs is 2. The molecular formula is C28H23N3O3. The van der Waals surface area contributed by atoms with Gasteiger partial charge in [-0.15, -0.1) is 0 Å². The summed E-state index contributed by atoms with van der Waals surface area (Å²) in [6.07, 6.45) is 3.95. The van der Waals surface area contributed by atoms with Crippen LogP contribution < -0.4 is 5.32 Å². The molecule has 2 heterocycles. The molecule has 34 heavy (non-hydrogen) atoms. The number of nitrogens with zero attached hydrogens (tertiary/aromatic N) is 2. The third-order valence-electron chi connectivity index (χ3n) is 5.92. The fraction of sp³-hybridized carbons (Fsp3) is 0.107. The maximum Gasteiger partial charge on any atom is 0.326 e. The highest BCUT2D eigenvalue weighted by molar-refractivity contribution is 5.90. The van der Waals surface area contributed by atoms with E-state index in [4.69, 9.17) is 0 Å². The Morgan fingerprint density at radius 1 is 0.882 bits per heavy atom. The first-order chi connectivity index (χ1) is 16.6. The van der Waals surface area contributed by atoms with E-state index in [1.807, 2.05) is 89.8 Å². The number of benzene rings is 3. The van der Waals surface area contributed by atoms with Crippen molar-refractivity contribution in [2.24, 2.45) is 0 Å². The summed E-state index contributed by atoms with van der Waals surface area (Å²) in [5, 5.41) is 14.3. The van der Waals surface area contributed by atoms with Crippen LogP contribution in [0, 0.1) is 0 Å². The van der Waals surface area contributed by atoms with Crippen LogP contribution in [0.3, 0.4) is 0 Å². The van der Waals surface area contributed by atoms with Gasteiger partial charge in [0.15, 0.2) is 0 Å². The number of aliphatic carboxylic acids is 1. The van der Waals surface area contributed by atoms with E-state index in [1.165, 1.54) is 0 Å². The molecule has 6 heteroatoms. The molecule has 0 bridgehead atoms. The maximum atomic E-state index is 12.7. The number of carbonyl (C=O) groups is 2. The van der Waals surface area contributed by atoms with Crippen molar-refractivity contribution in [2.75, 3.05) is 0 Å². The molecular weight excluding hydrogens is 426 g/mol. The van der Waals surface area contributed by atoms with Crippen molar-refractivity contribution >= 4 is 33.7 Å². The van der Waals surface area contributed by atoms with E-state index in [2.05, 4.69) is 22.4 Å². The Hall–Kier alpha value is -4.45. The van der Waals surface area contributed by atoms with Gasteiger partial charge in [0.05, 0.1) is 5.52 Å². The molecule has 6 nitrogen and oxygen atoms in total. The lowest BCUT2D eigenvalue weighted by Gasteiger charge is -2.15. The first-order valence-electron chi connectivity index (χ1n) is 11.1. The summed E-state index contributed by atoms with van der Waals surface area (Å²) >= 11 is 0. The summed E-state index contributed by atoms with van der Waals surface area (Å²) in [5.74, 6) is -1.40. The third-order valence-corrected chi connectivity index (χ3v) is 5.92. The number of hydrogen-bond acceptors (Lipinski definition) is 3. The van der Waals surface area contributed by atoms with Crippen LogP contribution in [-0.4, -0.2) is 32.6 Å². The van der Waals surface area contributed by atoms with Crippen molar-refractivity contribution < 1.29 is 14.7 Å². The molecule has 0 saturated heterocycles. The van der Waals surface area contributed by atoms with E-state index in [1.54, 1.807) is 0 Å². The van der Waals surface area contributed by atoms with E-state index in [-0.39, 0.29) is 18.9 Å². The van der Waals surface area contributed by atoms with Crippen LogP contribution in [0.4, 0.5) is 0 Å². The van der Waals surface area contributed by atoms with Gasteiger partial charge in [0.2, 0.25) is 5.91 Å². The van der Waals surface area contributed by atoms with Gasteiger partial charge in [0.1, 0.15) is 12.6 Å². The quantitative estimate of drug-likeness (QED) is 0.378. The molecule has 1 amide bonds. The van der Waals surface area contributed by atoms with Crippen LogP contribution in [0.5, 0.6) is 0 Å². The van der Waals surface area contributed by atoms with Gasteiger partial charge in [-0.2, -0.15) is 0 Å². The van der Waals surface area contributed by atoms with E-state index in [0.717, 1.165) is 38.5 Å². The Labute approximate surface area is 196 Å². The van der Waals surface area contributed by atoms with Crippen LogP contribution in [0.2, 0.25) is 0 Å². The lowest BCUT2D eigenvalue weighted by Crippen LogP contribution is -2.43. The van der Waals surface area contributed by atoms with Gasteiger partial charge in [-0.3, -0.25) is 9.78 Å². The largest absolute Gasteiger partial charge is 0.480 e.